The lowest BCUT2D eigenvalue weighted by atomic mass is 10.2. The van der Waals surface area contributed by atoms with Gasteiger partial charge in [-0.2, -0.15) is 4.98 Å². The second kappa shape index (κ2) is 9.10. The summed E-state index contributed by atoms with van der Waals surface area (Å²) in [6.45, 7) is 1.77. The van der Waals surface area contributed by atoms with Gasteiger partial charge >= 0.3 is 0 Å². The Balaban J connectivity index is 1.45. The highest BCUT2D eigenvalue weighted by Gasteiger charge is 2.15. The largest absolute Gasteiger partial charge is 0.497 e. The number of thiazole rings is 1. The number of carbonyl (C=O) groups excluding carboxylic acids is 1. The van der Waals surface area contributed by atoms with Gasteiger partial charge in [0, 0.05) is 15.8 Å². The second-order valence-corrected chi connectivity index (χ2v) is 8.12. The molecule has 0 bridgehead atoms. The van der Waals surface area contributed by atoms with Crippen molar-refractivity contribution >= 4 is 34.1 Å². The van der Waals surface area contributed by atoms with Crippen LogP contribution >= 0.6 is 23.1 Å². The van der Waals surface area contributed by atoms with Crippen LogP contribution in [0.2, 0.25) is 0 Å². The average molecular weight is 439 g/mol. The Hall–Kier alpha value is -3.17. The molecule has 0 unspecified atom stereocenters. The number of nitrogens with one attached hydrogen (secondary N) is 1. The van der Waals surface area contributed by atoms with E-state index in [1.807, 2.05) is 47.8 Å². The van der Waals surface area contributed by atoms with Gasteiger partial charge in [0.2, 0.25) is 5.89 Å². The number of carbonyl (C=O) groups is 1. The number of anilines is 1. The van der Waals surface area contributed by atoms with Gasteiger partial charge in [-0.15, -0.1) is 23.1 Å². The maximum Gasteiger partial charge on any atom is 0.258 e. The number of amides is 1. The number of ether oxygens (including phenoxy) is 1. The van der Waals surface area contributed by atoms with E-state index >= 15 is 0 Å². The zero-order valence-electron chi connectivity index (χ0n) is 16.3. The highest BCUT2D eigenvalue weighted by Crippen LogP contribution is 2.29. The molecule has 0 aliphatic rings. The lowest BCUT2D eigenvalue weighted by Crippen LogP contribution is -2.12. The van der Waals surface area contributed by atoms with Crippen molar-refractivity contribution in [1.29, 1.82) is 0 Å². The summed E-state index contributed by atoms with van der Waals surface area (Å²) < 4.78 is 10.3. The van der Waals surface area contributed by atoms with Crippen molar-refractivity contribution in [2.75, 3.05) is 12.4 Å². The summed E-state index contributed by atoms with van der Waals surface area (Å²) >= 11 is 2.85. The van der Waals surface area contributed by atoms with Gasteiger partial charge in [0.1, 0.15) is 5.75 Å². The lowest BCUT2D eigenvalue weighted by molar-refractivity contribution is 0.102. The molecule has 2 heterocycles. The molecule has 1 amide bonds. The molecular weight excluding hydrogens is 420 g/mol. The van der Waals surface area contributed by atoms with Crippen molar-refractivity contribution in [1.82, 2.24) is 15.1 Å². The van der Waals surface area contributed by atoms with Crippen molar-refractivity contribution in [2.45, 2.75) is 17.6 Å². The van der Waals surface area contributed by atoms with Crippen LogP contribution in [0.4, 0.5) is 5.13 Å². The fourth-order valence-electron chi connectivity index (χ4n) is 2.71. The monoisotopic (exact) mass is 438 g/mol. The van der Waals surface area contributed by atoms with Crippen LogP contribution in [0.15, 0.2) is 63.3 Å². The zero-order valence-corrected chi connectivity index (χ0v) is 17.9. The summed E-state index contributed by atoms with van der Waals surface area (Å²) in [5, 5.41) is 9.13. The molecule has 4 rings (SSSR count). The molecule has 1 N–H and O–H groups in total. The van der Waals surface area contributed by atoms with Crippen LogP contribution in [0, 0.1) is 6.92 Å². The van der Waals surface area contributed by atoms with Crippen molar-refractivity contribution < 1.29 is 14.1 Å². The van der Waals surface area contributed by atoms with Crippen molar-refractivity contribution in [3.63, 3.8) is 0 Å². The van der Waals surface area contributed by atoms with E-state index in [9.17, 15) is 4.79 Å². The van der Waals surface area contributed by atoms with Gasteiger partial charge in [0.05, 0.1) is 24.1 Å². The van der Waals surface area contributed by atoms with Gasteiger partial charge in [-0.25, -0.2) is 4.98 Å². The number of hydrogen-bond donors (Lipinski definition) is 1. The molecule has 0 radical (unpaired) electrons. The quantitative estimate of drug-likeness (QED) is 0.404. The molecule has 4 aromatic rings. The van der Waals surface area contributed by atoms with E-state index in [1.165, 1.54) is 23.1 Å². The molecular formula is C21H18N4O3S2. The van der Waals surface area contributed by atoms with Gasteiger partial charge in [0.25, 0.3) is 5.91 Å². The molecule has 0 saturated carbocycles. The number of thioether (sulfide) groups is 1. The first-order valence-electron chi connectivity index (χ1n) is 9.04. The molecule has 30 heavy (non-hydrogen) atoms. The maximum absolute atomic E-state index is 12.9. The normalized spacial score (nSPS) is 10.7. The molecule has 152 valence electrons. The van der Waals surface area contributed by atoms with E-state index in [2.05, 4.69) is 20.4 Å². The first-order chi connectivity index (χ1) is 14.6. The summed E-state index contributed by atoms with van der Waals surface area (Å²) in [6.07, 6.45) is 0. The summed E-state index contributed by atoms with van der Waals surface area (Å²) in [4.78, 5) is 22.4. The third kappa shape index (κ3) is 4.69. The molecule has 0 fully saturated rings. The van der Waals surface area contributed by atoms with Crippen LogP contribution in [0.25, 0.3) is 11.3 Å². The number of benzene rings is 2. The lowest BCUT2D eigenvalue weighted by Gasteiger charge is -2.07. The first-order valence-corrected chi connectivity index (χ1v) is 10.9. The molecule has 0 spiro atoms. The standard InChI is InChI=1S/C21H18N4O3S2/c1-13-22-19(28-25-13)12-29-18-6-4-3-5-16(18)20(26)24-21-23-17(11-30-21)14-7-9-15(27-2)10-8-14/h3-11H,12H2,1-2H3,(H,23,24,26). The predicted molar refractivity (Wildman–Crippen MR) is 117 cm³/mol. The third-order valence-electron chi connectivity index (χ3n) is 4.16. The van der Waals surface area contributed by atoms with Gasteiger partial charge in [-0.3, -0.25) is 10.1 Å². The molecule has 0 atom stereocenters. The summed E-state index contributed by atoms with van der Waals surface area (Å²) in [6, 6.07) is 15.0. The van der Waals surface area contributed by atoms with Crippen LogP contribution < -0.4 is 10.1 Å². The Morgan fingerprint density at radius 3 is 2.70 bits per heavy atom. The number of nitrogens with zero attached hydrogens (tertiary/aromatic N) is 3. The van der Waals surface area contributed by atoms with Gasteiger partial charge in [0.15, 0.2) is 11.0 Å². The fourth-order valence-corrected chi connectivity index (χ4v) is 4.31. The Labute approximate surface area is 181 Å². The zero-order chi connectivity index (χ0) is 20.9. The van der Waals surface area contributed by atoms with E-state index in [0.29, 0.717) is 28.2 Å². The van der Waals surface area contributed by atoms with Gasteiger partial charge in [-0.1, -0.05) is 17.3 Å². The van der Waals surface area contributed by atoms with Gasteiger partial charge in [-0.05, 0) is 43.3 Å². The number of methoxy groups -OCH3 is 1. The molecule has 2 aromatic carbocycles. The number of hydrogen-bond acceptors (Lipinski definition) is 8. The Morgan fingerprint density at radius 2 is 1.97 bits per heavy atom. The Morgan fingerprint density at radius 1 is 1.17 bits per heavy atom. The van der Waals surface area contributed by atoms with E-state index in [1.54, 1.807) is 20.1 Å². The minimum Gasteiger partial charge on any atom is -0.497 e. The molecule has 2 aromatic heterocycles. The third-order valence-corrected chi connectivity index (χ3v) is 5.98. The summed E-state index contributed by atoms with van der Waals surface area (Å²) in [7, 11) is 1.63. The van der Waals surface area contributed by atoms with E-state index in [-0.39, 0.29) is 5.91 Å². The topological polar surface area (TPSA) is 90.1 Å². The SMILES string of the molecule is COc1ccc(-c2csc(NC(=O)c3ccccc3SCc3nc(C)no3)n2)cc1. The molecule has 0 saturated heterocycles. The van der Waals surface area contributed by atoms with Crippen molar-refractivity contribution in [3.05, 3.63) is 71.2 Å². The summed E-state index contributed by atoms with van der Waals surface area (Å²) in [5.74, 6) is 2.18. The minimum absolute atomic E-state index is 0.213. The highest BCUT2D eigenvalue weighted by molar-refractivity contribution is 7.98. The maximum atomic E-state index is 12.9. The molecule has 9 heteroatoms. The second-order valence-electron chi connectivity index (χ2n) is 6.24. The van der Waals surface area contributed by atoms with Gasteiger partial charge < -0.3 is 9.26 Å². The van der Waals surface area contributed by atoms with Crippen molar-refractivity contribution in [2.24, 2.45) is 0 Å². The number of rotatable bonds is 7. The van der Waals surface area contributed by atoms with Crippen LogP contribution in [-0.4, -0.2) is 28.1 Å². The summed E-state index contributed by atoms with van der Waals surface area (Å²) in [5.41, 5.74) is 2.32. The van der Waals surface area contributed by atoms with Crippen LogP contribution in [-0.2, 0) is 5.75 Å². The number of aromatic nitrogens is 3. The molecule has 7 nitrogen and oxygen atoms in total. The Kier molecular flexibility index (Phi) is 6.10. The average Bonchev–Trinajstić information content (AvgIpc) is 3.41. The predicted octanol–water partition coefficient (Wildman–Crippen LogP) is 5.05. The Bertz CT molecular complexity index is 1160. The van der Waals surface area contributed by atoms with E-state index in [4.69, 9.17) is 9.26 Å². The smallest absolute Gasteiger partial charge is 0.258 e. The molecule has 0 aliphatic carbocycles. The fraction of sp³-hybridized carbons (Fsp3) is 0.143. The van der Waals surface area contributed by atoms with Crippen LogP contribution in [0.1, 0.15) is 22.1 Å². The minimum atomic E-state index is -0.213. The first kappa shape index (κ1) is 20.1. The highest BCUT2D eigenvalue weighted by atomic mass is 32.2. The molecule has 0 aliphatic heterocycles. The van der Waals surface area contributed by atoms with Crippen LogP contribution in [0.5, 0.6) is 5.75 Å². The van der Waals surface area contributed by atoms with E-state index in [0.717, 1.165) is 21.9 Å². The van der Waals surface area contributed by atoms with Crippen LogP contribution in [0.3, 0.4) is 0 Å². The number of aryl methyl sites for hydroxylation is 1. The van der Waals surface area contributed by atoms with E-state index < -0.39 is 0 Å². The van der Waals surface area contributed by atoms with Crippen molar-refractivity contribution in [3.8, 4) is 17.0 Å².